The fourth-order valence-corrected chi connectivity index (χ4v) is 3.06. The Morgan fingerprint density at radius 2 is 1.83 bits per heavy atom. The van der Waals surface area contributed by atoms with Crippen LogP contribution in [0.25, 0.3) is 0 Å². The van der Waals surface area contributed by atoms with Crippen LogP contribution >= 0.6 is 0 Å². The summed E-state index contributed by atoms with van der Waals surface area (Å²) in [4.78, 5) is 4.31. The van der Waals surface area contributed by atoms with Gasteiger partial charge < -0.3 is 15.4 Å². The van der Waals surface area contributed by atoms with E-state index >= 15 is 0 Å². The van der Waals surface area contributed by atoms with Crippen molar-refractivity contribution in [2.75, 3.05) is 20.7 Å². The summed E-state index contributed by atoms with van der Waals surface area (Å²) in [5.74, 6) is 3.11. The Balaban J connectivity index is 1.46. The smallest absolute Gasteiger partial charge is 0.191 e. The number of benzene rings is 2. The molecule has 1 fully saturated rings. The van der Waals surface area contributed by atoms with Crippen LogP contribution in [0.3, 0.4) is 0 Å². The Morgan fingerprint density at radius 3 is 2.58 bits per heavy atom. The number of nitrogens with zero attached hydrogens (tertiary/aromatic N) is 1. The second-order valence-electron chi connectivity index (χ2n) is 6.13. The van der Waals surface area contributed by atoms with Gasteiger partial charge in [0.2, 0.25) is 0 Å². The summed E-state index contributed by atoms with van der Waals surface area (Å²) >= 11 is 0. The molecule has 126 valence electrons. The number of rotatable bonds is 6. The molecule has 0 aromatic heterocycles. The van der Waals surface area contributed by atoms with Crippen LogP contribution in [0.4, 0.5) is 0 Å². The fraction of sp³-hybridized carbons (Fsp3) is 0.350. The number of ether oxygens (including phenoxy) is 1. The maximum atomic E-state index is 5.38. The molecule has 4 nitrogen and oxygen atoms in total. The summed E-state index contributed by atoms with van der Waals surface area (Å²) < 4.78 is 5.38. The van der Waals surface area contributed by atoms with Crippen LogP contribution in [0.2, 0.25) is 0 Å². The third-order valence-corrected chi connectivity index (χ3v) is 4.54. The molecule has 0 amide bonds. The van der Waals surface area contributed by atoms with Gasteiger partial charge >= 0.3 is 0 Å². The SMILES string of the molecule is CN=C(NCc1ccccc1OC)NCC1CC1c1ccccc1. The Hall–Kier alpha value is -2.49. The van der Waals surface area contributed by atoms with Gasteiger partial charge in [0.15, 0.2) is 5.96 Å². The zero-order chi connectivity index (χ0) is 16.8. The highest BCUT2D eigenvalue weighted by Gasteiger charge is 2.37. The van der Waals surface area contributed by atoms with Crippen LogP contribution in [0.15, 0.2) is 59.6 Å². The van der Waals surface area contributed by atoms with Crippen molar-refractivity contribution in [1.82, 2.24) is 10.6 Å². The third kappa shape index (κ3) is 4.07. The standard InChI is InChI=1S/C20H25N3O/c1-21-20(22-13-16-10-6-7-11-19(16)24-2)23-14-17-12-18(17)15-8-4-3-5-9-15/h3-11,17-18H,12-14H2,1-2H3,(H2,21,22,23). The maximum Gasteiger partial charge on any atom is 0.191 e. The molecule has 2 N–H and O–H groups in total. The van der Waals surface area contributed by atoms with E-state index < -0.39 is 0 Å². The number of para-hydroxylation sites is 1. The van der Waals surface area contributed by atoms with E-state index in [0.717, 1.165) is 23.8 Å². The molecular formula is C20H25N3O. The van der Waals surface area contributed by atoms with E-state index in [4.69, 9.17) is 4.74 Å². The summed E-state index contributed by atoms with van der Waals surface area (Å²) in [6, 6.07) is 18.8. The number of aliphatic imine (C=N–C) groups is 1. The first kappa shape index (κ1) is 16.4. The van der Waals surface area contributed by atoms with Crippen molar-refractivity contribution in [2.24, 2.45) is 10.9 Å². The van der Waals surface area contributed by atoms with Crippen LogP contribution in [-0.2, 0) is 6.54 Å². The van der Waals surface area contributed by atoms with Crippen LogP contribution in [0.5, 0.6) is 5.75 Å². The zero-order valence-corrected chi connectivity index (χ0v) is 14.3. The molecule has 0 spiro atoms. The lowest BCUT2D eigenvalue weighted by atomic mass is 10.1. The molecule has 0 heterocycles. The number of nitrogens with one attached hydrogen (secondary N) is 2. The van der Waals surface area contributed by atoms with Crippen molar-refractivity contribution in [2.45, 2.75) is 18.9 Å². The first-order valence-electron chi connectivity index (χ1n) is 8.43. The minimum Gasteiger partial charge on any atom is -0.496 e. The first-order chi connectivity index (χ1) is 11.8. The van der Waals surface area contributed by atoms with E-state index in [9.17, 15) is 0 Å². The summed E-state index contributed by atoms with van der Waals surface area (Å²) in [7, 11) is 3.50. The molecule has 0 aliphatic heterocycles. The van der Waals surface area contributed by atoms with Gasteiger partial charge in [-0.15, -0.1) is 0 Å². The second kappa shape index (κ2) is 7.86. The molecule has 2 aromatic carbocycles. The van der Waals surface area contributed by atoms with Gasteiger partial charge in [0, 0.05) is 25.7 Å². The molecule has 0 saturated heterocycles. The van der Waals surface area contributed by atoms with Crippen LogP contribution in [-0.4, -0.2) is 26.7 Å². The fourth-order valence-electron chi connectivity index (χ4n) is 3.06. The zero-order valence-electron chi connectivity index (χ0n) is 14.3. The number of hydrogen-bond acceptors (Lipinski definition) is 2. The number of guanidine groups is 1. The number of hydrogen-bond donors (Lipinski definition) is 2. The molecule has 2 aromatic rings. The average molecular weight is 323 g/mol. The lowest BCUT2D eigenvalue weighted by molar-refractivity contribution is 0.409. The Bertz CT molecular complexity index is 684. The highest BCUT2D eigenvalue weighted by Crippen LogP contribution is 2.46. The minimum atomic E-state index is 0.686. The van der Waals surface area contributed by atoms with Crippen molar-refractivity contribution >= 4 is 5.96 Å². The van der Waals surface area contributed by atoms with E-state index in [0.29, 0.717) is 18.4 Å². The summed E-state index contributed by atoms with van der Waals surface area (Å²) in [6.07, 6.45) is 1.25. The van der Waals surface area contributed by atoms with Gasteiger partial charge in [0.25, 0.3) is 0 Å². The van der Waals surface area contributed by atoms with Crippen LogP contribution in [0, 0.1) is 5.92 Å². The van der Waals surface area contributed by atoms with Gasteiger partial charge in [0.1, 0.15) is 5.75 Å². The molecule has 0 bridgehead atoms. The van der Waals surface area contributed by atoms with E-state index in [1.807, 2.05) is 18.2 Å². The molecule has 2 unspecified atom stereocenters. The summed E-state index contributed by atoms with van der Waals surface area (Å²) in [5.41, 5.74) is 2.57. The minimum absolute atomic E-state index is 0.686. The predicted molar refractivity (Wildman–Crippen MR) is 98.5 cm³/mol. The van der Waals surface area contributed by atoms with Crippen LogP contribution in [0.1, 0.15) is 23.5 Å². The van der Waals surface area contributed by atoms with Gasteiger partial charge in [0.05, 0.1) is 7.11 Å². The largest absolute Gasteiger partial charge is 0.496 e. The van der Waals surface area contributed by atoms with Gasteiger partial charge in [-0.1, -0.05) is 48.5 Å². The van der Waals surface area contributed by atoms with Crippen molar-refractivity contribution in [3.63, 3.8) is 0 Å². The molecule has 0 radical (unpaired) electrons. The first-order valence-corrected chi connectivity index (χ1v) is 8.43. The van der Waals surface area contributed by atoms with E-state index in [1.165, 1.54) is 12.0 Å². The van der Waals surface area contributed by atoms with Gasteiger partial charge in [-0.3, -0.25) is 4.99 Å². The topological polar surface area (TPSA) is 45.7 Å². The van der Waals surface area contributed by atoms with Gasteiger partial charge in [-0.2, -0.15) is 0 Å². The highest BCUT2D eigenvalue weighted by molar-refractivity contribution is 5.79. The molecule has 1 aliphatic rings. The second-order valence-corrected chi connectivity index (χ2v) is 6.13. The quantitative estimate of drug-likeness (QED) is 0.634. The molecule has 1 aliphatic carbocycles. The van der Waals surface area contributed by atoms with Crippen molar-refractivity contribution in [3.8, 4) is 5.75 Å². The maximum absolute atomic E-state index is 5.38. The summed E-state index contributed by atoms with van der Waals surface area (Å²) in [6.45, 7) is 1.64. The molecule has 1 saturated carbocycles. The number of methoxy groups -OCH3 is 1. The molecular weight excluding hydrogens is 298 g/mol. The average Bonchev–Trinajstić information content (AvgIpc) is 3.42. The highest BCUT2D eigenvalue weighted by atomic mass is 16.5. The monoisotopic (exact) mass is 323 g/mol. The van der Waals surface area contributed by atoms with Crippen molar-refractivity contribution < 1.29 is 4.74 Å². The van der Waals surface area contributed by atoms with Crippen molar-refractivity contribution in [1.29, 1.82) is 0 Å². The van der Waals surface area contributed by atoms with E-state index in [-0.39, 0.29) is 0 Å². The lowest BCUT2D eigenvalue weighted by Crippen LogP contribution is -2.38. The normalized spacial score (nSPS) is 19.7. The van der Waals surface area contributed by atoms with Crippen LogP contribution < -0.4 is 15.4 Å². The third-order valence-electron chi connectivity index (χ3n) is 4.54. The predicted octanol–water partition coefficient (Wildman–Crippen LogP) is 3.16. The Morgan fingerprint density at radius 1 is 1.08 bits per heavy atom. The Kier molecular flexibility index (Phi) is 5.36. The van der Waals surface area contributed by atoms with Gasteiger partial charge in [-0.25, -0.2) is 0 Å². The molecule has 4 heteroatoms. The van der Waals surface area contributed by atoms with Crippen molar-refractivity contribution in [3.05, 3.63) is 65.7 Å². The van der Waals surface area contributed by atoms with Gasteiger partial charge in [-0.05, 0) is 29.9 Å². The summed E-state index contributed by atoms with van der Waals surface area (Å²) in [5, 5.41) is 6.79. The van der Waals surface area contributed by atoms with E-state index in [2.05, 4.69) is 52.0 Å². The lowest BCUT2D eigenvalue weighted by Gasteiger charge is -2.13. The molecule has 3 rings (SSSR count). The van der Waals surface area contributed by atoms with E-state index in [1.54, 1.807) is 14.2 Å². The Labute approximate surface area is 144 Å². The molecule has 2 atom stereocenters. The molecule has 24 heavy (non-hydrogen) atoms.